The Hall–Kier alpha value is -1.55. The van der Waals surface area contributed by atoms with Crippen molar-refractivity contribution in [3.8, 4) is 5.75 Å². The average Bonchev–Trinajstić information content (AvgIpc) is 2.37. The van der Waals surface area contributed by atoms with E-state index in [2.05, 4.69) is 0 Å². The second-order valence-electron chi connectivity index (χ2n) is 5.86. The summed E-state index contributed by atoms with van der Waals surface area (Å²) in [5.74, 6) is 0.0451. The molecule has 1 atom stereocenters. The number of piperidine rings is 1. The summed E-state index contributed by atoms with van der Waals surface area (Å²) >= 11 is 0. The van der Waals surface area contributed by atoms with Crippen molar-refractivity contribution < 1.29 is 15.0 Å². The molecule has 0 radical (unpaired) electrons. The maximum Gasteiger partial charge on any atom is 0.254 e. The van der Waals surface area contributed by atoms with Crippen LogP contribution in [0.25, 0.3) is 0 Å². The van der Waals surface area contributed by atoms with Crippen molar-refractivity contribution in [3.63, 3.8) is 0 Å². The van der Waals surface area contributed by atoms with Gasteiger partial charge in [0.15, 0.2) is 0 Å². The van der Waals surface area contributed by atoms with Crippen LogP contribution in [0.5, 0.6) is 5.75 Å². The zero-order valence-electron chi connectivity index (χ0n) is 11.5. The summed E-state index contributed by atoms with van der Waals surface area (Å²) in [6.45, 7) is 5.22. The second kappa shape index (κ2) is 5.21. The van der Waals surface area contributed by atoms with Gasteiger partial charge in [-0.2, -0.15) is 0 Å². The molecule has 1 aliphatic rings. The molecule has 1 heterocycles. The van der Waals surface area contributed by atoms with Gasteiger partial charge in [-0.25, -0.2) is 0 Å². The molecule has 2 N–H and O–H groups in total. The fourth-order valence-electron chi connectivity index (χ4n) is 2.69. The maximum absolute atomic E-state index is 12.4. The Morgan fingerprint density at radius 3 is 2.79 bits per heavy atom. The number of rotatable bonds is 2. The molecule has 0 saturated carbocycles. The summed E-state index contributed by atoms with van der Waals surface area (Å²) in [5, 5.41) is 19.0. The van der Waals surface area contributed by atoms with E-state index >= 15 is 0 Å². The minimum atomic E-state index is -0.209. The number of phenolic OH excluding ortho intramolecular Hbond substituents is 1. The maximum atomic E-state index is 12.4. The molecule has 1 aromatic carbocycles. The van der Waals surface area contributed by atoms with E-state index < -0.39 is 0 Å². The predicted molar refractivity (Wildman–Crippen MR) is 73.2 cm³/mol. The second-order valence-corrected chi connectivity index (χ2v) is 5.86. The summed E-state index contributed by atoms with van der Waals surface area (Å²) < 4.78 is 0. The molecule has 1 saturated heterocycles. The van der Waals surface area contributed by atoms with E-state index in [1.165, 1.54) is 6.07 Å². The monoisotopic (exact) mass is 263 g/mol. The fraction of sp³-hybridized carbons (Fsp3) is 0.533. The van der Waals surface area contributed by atoms with Gasteiger partial charge < -0.3 is 15.1 Å². The van der Waals surface area contributed by atoms with E-state index in [-0.39, 0.29) is 23.7 Å². The van der Waals surface area contributed by atoms with Gasteiger partial charge in [-0.05, 0) is 43.5 Å². The van der Waals surface area contributed by atoms with E-state index in [0.717, 1.165) is 18.4 Å². The van der Waals surface area contributed by atoms with Gasteiger partial charge in [0.2, 0.25) is 0 Å². The van der Waals surface area contributed by atoms with Crippen LogP contribution in [0.4, 0.5) is 0 Å². The third-order valence-electron chi connectivity index (χ3n) is 3.76. The first-order valence-corrected chi connectivity index (χ1v) is 6.64. The molecule has 4 nitrogen and oxygen atoms in total. The highest BCUT2D eigenvalue weighted by Crippen LogP contribution is 2.30. The Morgan fingerprint density at radius 2 is 2.16 bits per heavy atom. The molecule has 104 valence electrons. The number of aliphatic hydroxyl groups excluding tert-OH is 1. The highest BCUT2D eigenvalue weighted by atomic mass is 16.3. The van der Waals surface area contributed by atoms with Gasteiger partial charge in [0, 0.05) is 24.1 Å². The van der Waals surface area contributed by atoms with Crippen molar-refractivity contribution in [2.45, 2.75) is 26.7 Å². The number of aromatic hydroxyl groups is 1. The van der Waals surface area contributed by atoms with E-state index in [9.17, 15) is 15.0 Å². The zero-order valence-corrected chi connectivity index (χ0v) is 11.5. The number of phenols is 1. The van der Waals surface area contributed by atoms with Gasteiger partial charge in [-0.3, -0.25) is 4.79 Å². The van der Waals surface area contributed by atoms with E-state index in [4.69, 9.17) is 0 Å². The lowest BCUT2D eigenvalue weighted by atomic mass is 9.82. The van der Waals surface area contributed by atoms with Crippen LogP contribution in [0.1, 0.15) is 35.7 Å². The highest BCUT2D eigenvalue weighted by Gasteiger charge is 2.32. The van der Waals surface area contributed by atoms with Crippen molar-refractivity contribution in [1.82, 2.24) is 4.90 Å². The number of hydrogen-bond acceptors (Lipinski definition) is 3. The number of carbonyl (C=O) groups is 1. The number of aliphatic hydroxyl groups is 1. The lowest BCUT2D eigenvalue weighted by molar-refractivity contribution is 0.0357. The van der Waals surface area contributed by atoms with Gasteiger partial charge >= 0.3 is 0 Å². The molecule has 2 rings (SSSR count). The first-order valence-electron chi connectivity index (χ1n) is 6.64. The van der Waals surface area contributed by atoms with Crippen LogP contribution in [0.15, 0.2) is 18.2 Å². The summed E-state index contributed by atoms with van der Waals surface area (Å²) in [4.78, 5) is 14.2. The molecule has 0 spiro atoms. The van der Waals surface area contributed by atoms with E-state index in [0.29, 0.717) is 18.7 Å². The molecule has 1 aliphatic heterocycles. The van der Waals surface area contributed by atoms with Crippen molar-refractivity contribution in [1.29, 1.82) is 0 Å². The van der Waals surface area contributed by atoms with Crippen LogP contribution in [-0.2, 0) is 0 Å². The van der Waals surface area contributed by atoms with Crippen LogP contribution >= 0.6 is 0 Å². The van der Waals surface area contributed by atoms with Crippen LogP contribution in [0, 0.1) is 12.3 Å². The molecule has 1 unspecified atom stereocenters. The fourth-order valence-corrected chi connectivity index (χ4v) is 2.69. The van der Waals surface area contributed by atoms with Crippen molar-refractivity contribution in [2.75, 3.05) is 19.7 Å². The molecule has 19 heavy (non-hydrogen) atoms. The summed E-state index contributed by atoms with van der Waals surface area (Å²) in [6.07, 6.45) is 1.84. The molecule has 1 aromatic rings. The number of carbonyl (C=O) groups excluding carboxylic acids is 1. The molecule has 1 amide bonds. The molecular formula is C15H21NO3. The van der Waals surface area contributed by atoms with E-state index in [1.54, 1.807) is 17.0 Å². The minimum absolute atomic E-state index is 0.0709. The van der Waals surface area contributed by atoms with Gasteiger partial charge in [-0.1, -0.05) is 6.92 Å². The topological polar surface area (TPSA) is 60.8 Å². The molecular weight excluding hydrogens is 242 g/mol. The third-order valence-corrected chi connectivity index (χ3v) is 3.76. The highest BCUT2D eigenvalue weighted by molar-refractivity contribution is 5.95. The molecule has 1 fully saturated rings. The number of likely N-dealkylation sites (tertiary alicyclic amines) is 1. The van der Waals surface area contributed by atoms with E-state index in [1.807, 2.05) is 13.8 Å². The zero-order chi connectivity index (χ0) is 14.0. The Balaban J connectivity index is 2.19. The first kappa shape index (κ1) is 13.9. The van der Waals surface area contributed by atoms with Crippen LogP contribution < -0.4 is 0 Å². The van der Waals surface area contributed by atoms with Crippen molar-refractivity contribution in [3.05, 3.63) is 29.3 Å². The number of aryl methyl sites for hydroxylation is 1. The summed E-state index contributed by atoms with van der Waals surface area (Å²) in [7, 11) is 0. The summed E-state index contributed by atoms with van der Waals surface area (Å²) in [6, 6.07) is 4.91. The van der Waals surface area contributed by atoms with Gasteiger partial charge in [0.05, 0.1) is 6.61 Å². The smallest absolute Gasteiger partial charge is 0.254 e. The lowest BCUT2D eigenvalue weighted by Crippen LogP contribution is -2.46. The largest absolute Gasteiger partial charge is 0.508 e. The van der Waals surface area contributed by atoms with Gasteiger partial charge in [0.1, 0.15) is 5.75 Å². The Kier molecular flexibility index (Phi) is 3.80. The quantitative estimate of drug-likeness (QED) is 0.857. The molecule has 0 aromatic heterocycles. The summed E-state index contributed by atoms with van der Waals surface area (Å²) in [5.41, 5.74) is 1.17. The van der Waals surface area contributed by atoms with Gasteiger partial charge in [0.25, 0.3) is 5.91 Å². The lowest BCUT2D eigenvalue weighted by Gasteiger charge is -2.39. The number of amides is 1. The third kappa shape index (κ3) is 3.07. The Morgan fingerprint density at radius 1 is 1.42 bits per heavy atom. The van der Waals surface area contributed by atoms with Gasteiger partial charge in [-0.15, -0.1) is 0 Å². The standard InChI is InChI=1S/C15H21NO3/c1-11-6-12(8-13(18)7-11)14(19)16-5-3-4-15(2,9-16)10-17/h6-8,17-18H,3-5,9-10H2,1-2H3. The molecule has 4 heteroatoms. The van der Waals surface area contributed by atoms with Crippen molar-refractivity contribution >= 4 is 5.91 Å². The van der Waals surface area contributed by atoms with Crippen LogP contribution in [-0.4, -0.2) is 40.7 Å². The predicted octanol–water partition coefficient (Wildman–Crippen LogP) is 1.94. The minimum Gasteiger partial charge on any atom is -0.508 e. The van der Waals surface area contributed by atoms with Crippen LogP contribution in [0.2, 0.25) is 0 Å². The number of nitrogens with zero attached hydrogens (tertiary/aromatic N) is 1. The van der Waals surface area contributed by atoms with Crippen molar-refractivity contribution in [2.24, 2.45) is 5.41 Å². The Bertz CT molecular complexity index is 466. The number of hydrogen-bond donors (Lipinski definition) is 2. The molecule has 0 aliphatic carbocycles. The number of benzene rings is 1. The SMILES string of the molecule is Cc1cc(O)cc(C(=O)N2CCCC(C)(CO)C2)c1. The average molecular weight is 263 g/mol. The Labute approximate surface area is 113 Å². The molecule has 0 bridgehead atoms. The first-order chi connectivity index (χ1) is 8.93. The normalized spacial score (nSPS) is 23.4. The van der Waals surface area contributed by atoms with Crippen LogP contribution in [0.3, 0.4) is 0 Å².